The average molecular weight is 624 g/mol. The number of thiazole rings is 1. The summed E-state index contributed by atoms with van der Waals surface area (Å²) in [5, 5.41) is 28.5. The number of nitrogens with one attached hydrogen (secondary N) is 2. The highest BCUT2D eigenvalue weighted by molar-refractivity contribution is 8.01. The van der Waals surface area contributed by atoms with Crippen molar-refractivity contribution in [3.05, 3.63) is 44.6 Å². The number of amides is 2. The smallest absolute Gasteiger partial charge is 0.477 e. The molecular weight excluding hydrogens is 606 g/mol. The Morgan fingerprint density at radius 1 is 1.32 bits per heavy atom. The number of aromatic amines is 1. The first kappa shape index (κ1) is 27.9. The van der Waals surface area contributed by atoms with Crippen molar-refractivity contribution in [2.75, 3.05) is 24.3 Å². The number of carboxylic acid groups (broad SMARTS) is 2. The van der Waals surface area contributed by atoms with Crippen LogP contribution >= 0.6 is 34.9 Å². The van der Waals surface area contributed by atoms with Crippen molar-refractivity contribution in [2.45, 2.75) is 16.6 Å². The number of carbonyl (C=O) groups is 4. The highest BCUT2D eigenvalue weighted by atomic mass is 32.2. The van der Waals surface area contributed by atoms with E-state index in [2.05, 4.69) is 30.5 Å². The quantitative estimate of drug-likeness (QED) is 0.0668. The number of ether oxygens (including phenoxy) is 1. The molecule has 0 bridgehead atoms. The summed E-state index contributed by atoms with van der Waals surface area (Å²) in [7, 11) is 1.24. The molecule has 2 aliphatic heterocycles. The Labute approximate surface area is 239 Å². The largest absolute Gasteiger partial charge is 0.512 e. The van der Waals surface area contributed by atoms with Gasteiger partial charge in [0.2, 0.25) is 5.88 Å². The summed E-state index contributed by atoms with van der Waals surface area (Å²) in [6.45, 7) is 0. The van der Waals surface area contributed by atoms with Crippen LogP contribution in [0.4, 0.5) is 9.93 Å². The number of aromatic nitrogens is 5. The van der Waals surface area contributed by atoms with Crippen molar-refractivity contribution in [3.8, 4) is 0 Å². The fraction of sp³-hybridized carbons (Fsp3) is 0.250. The van der Waals surface area contributed by atoms with Gasteiger partial charge in [0.25, 0.3) is 23.2 Å². The van der Waals surface area contributed by atoms with Gasteiger partial charge in [-0.1, -0.05) is 16.9 Å². The van der Waals surface area contributed by atoms with Crippen molar-refractivity contribution < 1.29 is 39.0 Å². The van der Waals surface area contributed by atoms with E-state index < -0.39 is 46.5 Å². The second-order valence-electron chi connectivity index (χ2n) is 8.07. The van der Waals surface area contributed by atoms with E-state index in [1.807, 2.05) is 0 Å². The number of rotatable bonds is 9. The first-order valence-corrected chi connectivity index (χ1v) is 14.0. The van der Waals surface area contributed by atoms with Crippen LogP contribution in [0, 0.1) is 0 Å². The number of H-pyrrole nitrogens is 1. The number of hydrogen-bond acceptors (Lipinski definition) is 15. The van der Waals surface area contributed by atoms with E-state index in [1.165, 1.54) is 24.3 Å². The first-order chi connectivity index (χ1) is 19.6. The summed E-state index contributed by atoms with van der Waals surface area (Å²) < 4.78 is 5.83. The van der Waals surface area contributed by atoms with Crippen molar-refractivity contribution in [1.29, 1.82) is 0 Å². The third-order valence-electron chi connectivity index (χ3n) is 5.59. The van der Waals surface area contributed by atoms with Crippen LogP contribution in [0.15, 0.2) is 38.1 Å². The summed E-state index contributed by atoms with van der Waals surface area (Å²) in [5.41, 5.74) is 4.61. The molecule has 5 rings (SSSR count). The van der Waals surface area contributed by atoms with Gasteiger partial charge >= 0.3 is 12.1 Å². The van der Waals surface area contributed by atoms with Crippen LogP contribution in [0.2, 0.25) is 0 Å². The molecule has 3 aromatic heterocycles. The van der Waals surface area contributed by atoms with Gasteiger partial charge < -0.3 is 30.8 Å². The van der Waals surface area contributed by atoms with E-state index in [0.717, 1.165) is 38.7 Å². The lowest BCUT2D eigenvalue weighted by Crippen LogP contribution is -2.70. The van der Waals surface area contributed by atoms with Gasteiger partial charge in [-0.3, -0.25) is 24.4 Å². The predicted octanol–water partition coefficient (Wildman–Crippen LogP) is -0.397. The zero-order chi connectivity index (χ0) is 29.4. The second kappa shape index (κ2) is 11.1. The highest BCUT2D eigenvalue weighted by Crippen LogP contribution is 2.41. The number of fused-ring (bicyclic) bond motifs is 2. The third kappa shape index (κ3) is 5.28. The van der Waals surface area contributed by atoms with Crippen LogP contribution < -0.4 is 16.6 Å². The number of nitrogens with zero attached hydrogens (tertiary/aromatic N) is 6. The van der Waals surface area contributed by atoms with Gasteiger partial charge in [0.1, 0.15) is 29.8 Å². The maximum absolute atomic E-state index is 13.1. The summed E-state index contributed by atoms with van der Waals surface area (Å²) in [4.78, 5) is 78.8. The Morgan fingerprint density at radius 3 is 2.76 bits per heavy atom. The van der Waals surface area contributed by atoms with E-state index in [4.69, 9.17) is 20.4 Å². The third-order valence-corrected chi connectivity index (χ3v) is 8.55. The number of β-lactam (4-membered cyclic amide) rings is 1. The first-order valence-electron chi connectivity index (χ1n) is 11.1. The molecule has 214 valence electrons. The van der Waals surface area contributed by atoms with Crippen LogP contribution in [0.5, 0.6) is 0 Å². The van der Waals surface area contributed by atoms with E-state index >= 15 is 0 Å². The molecule has 0 radical (unpaired) electrons. The predicted molar refractivity (Wildman–Crippen MR) is 143 cm³/mol. The number of carboxylic acids is 1. The minimum absolute atomic E-state index is 0.0650. The number of hydrogen-bond donors (Lipinski definition) is 5. The normalized spacial score (nSPS) is 18.6. The number of nitrogens with two attached hydrogens (primary N) is 1. The van der Waals surface area contributed by atoms with Crippen LogP contribution in [-0.2, 0) is 19.2 Å². The zero-order valence-corrected chi connectivity index (χ0v) is 22.9. The minimum atomic E-state index is -1.65. The van der Waals surface area contributed by atoms with Gasteiger partial charge in [0, 0.05) is 22.5 Å². The maximum Gasteiger partial charge on any atom is 0.512 e. The molecule has 1 saturated heterocycles. The van der Waals surface area contributed by atoms with Crippen molar-refractivity contribution >= 4 is 75.4 Å². The Hall–Kier alpha value is -4.63. The lowest BCUT2D eigenvalue weighted by atomic mass is 10.1. The van der Waals surface area contributed by atoms with Crippen molar-refractivity contribution in [1.82, 2.24) is 34.8 Å². The fourth-order valence-corrected chi connectivity index (χ4v) is 6.65. The van der Waals surface area contributed by atoms with Gasteiger partial charge in [-0.15, -0.1) is 23.1 Å². The van der Waals surface area contributed by atoms with Gasteiger partial charge in [-0.25, -0.2) is 19.6 Å². The Kier molecular flexibility index (Phi) is 7.55. The van der Waals surface area contributed by atoms with Crippen LogP contribution in [0.3, 0.4) is 0 Å². The highest BCUT2D eigenvalue weighted by Gasteiger charge is 2.54. The molecule has 18 nitrogen and oxygen atoms in total. The molecule has 0 saturated carbocycles. The number of nitrogen functional groups attached to an aromatic ring is 1. The van der Waals surface area contributed by atoms with Gasteiger partial charge in [0.15, 0.2) is 16.0 Å². The molecule has 1 fully saturated rings. The molecule has 0 spiro atoms. The molecule has 2 atom stereocenters. The van der Waals surface area contributed by atoms with E-state index in [-0.39, 0.29) is 44.9 Å². The van der Waals surface area contributed by atoms with Gasteiger partial charge in [-0.2, -0.15) is 9.50 Å². The van der Waals surface area contributed by atoms with Crippen molar-refractivity contribution in [3.63, 3.8) is 0 Å². The minimum Gasteiger partial charge on any atom is -0.477 e. The molecule has 5 heterocycles. The summed E-state index contributed by atoms with van der Waals surface area (Å²) in [5.74, 6) is -2.78. The molecule has 21 heteroatoms. The molecule has 0 aromatic carbocycles. The topological polar surface area (TPSA) is 257 Å². The molecule has 41 heavy (non-hydrogen) atoms. The SMILES string of the molecule is CO/N=C(\C(=O)N[C@@H]1C(=O)N2C(OC(=O)O)=C(CSc3nc4ncc(C(=O)O)c(=O)n4[nH]3)CS[C@H]12)c1csc(N)n1. The maximum atomic E-state index is 13.1. The summed E-state index contributed by atoms with van der Waals surface area (Å²) >= 11 is 3.39. The van der Waals surface area contributed by atoms with Crippen molar-refractivity contribution in [2.24, 2.45) is 5.16 Å². The number of oxime groups is 1. The van der Waals surface area contributed by atoms with E-state index in [1.54, 1.807) is 0 Å². The van der Waals surface area contributed by atoms with Crippen LogP contribution in [0.25, 0.3) is 5.78 Å². The Balaban J connectivity index is 1.33. The fourth-order valence-electron chi connectivity index (χ4n) is 3.82. The lowest BCUT2D eigenvalue weighted by molar-refractivity contribution is -0.148. The lowest BCUT2D eigenvalue weighted by Gasteiger charge is -2.49. The molecule has 6 N–H and O–H groups in total. The Morgan fingerprint density at radius 2 is 2.10 bits per heavy atom. The van der Waals surface area contributed by atoms with E-state index in [0.29, 0.717) is 5.57 Å². The summed E-state index contributed by atoms with van der Waals surface area (Å²) in [6.07, 6.45) is -0.750. The van der Waals surface area contributed by atoms with Gasteiger partial charge in [0.05, 0.1) is 6.20 Å². The van der Waals surface area contributed by atoms with Gasteiger partial charge in [-0.05, 0) is 0 Å². The number of thioether (sulfide) groups is 2. The Bertz CT molecular complexity index is 1710. The standard InChI is InChI=1S/C20H17N9O9S3/c1-37-27-9(8-5-40-17(21)23-8)11(30)24-10-13(32)28-14(38-20(35)36)6(3-39-15(10)28)4-41-19-25-18-22-2-7(16(33)34)12(31)29(18)26-19/h2,5,10,15H,3-4H2,1H3,(H2,21,23)(H,24,30)(H,33,34)(H,35,36)(H,22,25,26)/b27-9-/t10-,15-/m1/s1. The van der Waals surface area contributed by atoms with Crippen LogP contribution in [-0.4, -0.2) is 99.4 Å². The number of aromatic carboxylic acids is 1. The second-order valence-corrected chi connectivity index (χ2v) is 11.0. The van der Waals surface area contributed by atoms with E-state index in [9.17, 15) is 29.1 Å². The number of carbonyl (C=O) groups excluding carboxylic acids is 2. The molecule has 3 aromatic rings. The molecular formula is C20H17N9O9S3. The number of anilines is 1. The monoisotopic (exact) mass is 623 g/mol. The van der Waals surface area contributed by atoms with Crippen LogP contribution in [0.1, 0.15) is 16.1 Å². The molecule has 0 unspecified atom stereocenters. The molecule has 2 amide bonds. The molecule has 0 aliphatic carbocycles. The molecule has 2 aliphatic rings. The average Bonchev–Trinajstić information content (AvgIpc) is 3.55. The summed E-state index contributed by atoms with van der Waals surface area (Å²) in [6, 6.07) is -1.02. The zero-order valence-electron chi connectivity index (χ0n) is 20.5.